The van der Waals surface area contributed by atoms with Crippen LogP contribution in [0.3, 0.4) is 0 Å². The van der Waals surface area contributed by atoms with Gasteiger partial charge < -0.3 is 9.88 Å². The normalized spacial score (nSPS) is 24.3. The summed E-state index contributed by atoms with van der Waals surface area (Å²) in [6.45, 7) is 7.81. The highest BCUT2D eigenvalue weighted by molar-refractivity contribution is 5.26. The van der Waals surface area contributed by atoms with Gasteiger partial charge in [0.25, 0.3) is 0 Å². The number of hydrogen-bond acceptors (Lipinski definition) is 2. The highest BCUT2D eigenvalue weighted by atomic mass is 15.2. The van der Waals surface area contributed by atoms with Gasteiger partial charge in [-0.05, 0) is 31.6 Å². The molecule has 1 heterocycles. The van der Waals surface area contributed by atoms with Gasteiger partial charge in [-0.1, -0.05) is 20.3 Å². The van der Waals surface area contributed by atoms with Gasteiger partial charge >= 0.3 is 0 Å². The quantitative estimate of drug-likeness (QED) is 0.847. The summed E-state index contributed by atoms with van der Waals surface area (Å²) in [5.74, 6) is 1.03. The van der Waals surface area contributed by atoms with Crippen molar-refractivity contribution in [3.8, 4) is 0 Å². The molecule has 0 saturated heterocycles. The Labute approximate surface area is 98.3 Å². The van der Waals surface area contributed by atoms with Crippen LogP contribution in [0.4, 0.5) is 5.95 Å². The summed E-state index contributed by atoms with van der Waals surface area (Å²) < 4.78 is 2.32. The molecule has 3 nitrogen and oxygen atoms in total. The zero-order chi connectivity index (χ0) is 11.6. The van der Waals surface area contributed by atoms with Crippen molar-refractivity contribution in [2.75, 3.05) is 11.9 Å². The molecule has 1 N–H and O–H groups in total. The molecule has 16 heavy (non-hydrogen) atoms. The maximum Gasteiger partial charge on any atom is 0.203 e. The maximum absolute atomic E-state index is 4.38. The largest absolute Gasteiger partial charge is 0.356 e. The highest BCUT2D eigenvalue weighted by Gasteiger charge is 2.29. The molecule has 1 fully saturated rings. The third-order valence-electron chi connectivity index (χ3n) is 3.58. The minimum Gasteiger partial charge on any atom is -0.356 e. The second-order valence-electron chi connectivity index (χ2n) is 5.60. The van der Waals surface area contributed by atoms with Gasteiger partial charge in [0, 0.05) is 25.0 Å². The molecule has 0 radical (unpaired) electrons. The first-order valence-electron chi connectivity index (χ1n) is 6.39. The van der Waals surface area contributed by atoms with Gasteiger partial charge in [-0.25, -0.2) is 4.98 Å². The average molecular weight is 221 g/mol. The summed E-state index contributed by atoms with van der Waals surface area (Å²) in [6, 6.07) is 0.625. The van der Waals surface area contributed by atoms with E-state index in [2.05, 4.69) is 41.8 Å². The summed E-state index contributed by atoms with van der Waals surface area (Å²) in [5.41, 5.74) is 0.483. The first-order chi connectivity index (χ1) is 7.62. The van der Waals surface area contributed by atoms with Crippen molar-refractivity contribution in [2.24, 2.45) is 5.41 Å². The smallest absolute Gasteiger partial charge is 0.203 e. The number of hydrogen-bond donors (Lipinski definition) is 1. The van der Waals surface area contributed by atoms with Crippen LogP contribution >= 0.6 is 0 Å². The predicted octanol–water partition coefficient (Wildman–Crippen LogP) is 3.46. The molecule has 3 heteroatoms. The fourth-order valence-corrected chi connectivity index (χ4v) is 2.80. The second kappa shape index (κ2) is 4.48. The van der Waals surface area contributed by atoms with Crippen LogP contribution in [0.25, 0.3) is 0 Å². The third-order valence-corrected chi connectivity index (χ3v) is 3.58. The number of rotatable bonds is 3. The van der Waals surface area contributed by atoms with Gasteiger partial charge in [0.2, 0.25) is 5.95 Å². The molecule has 1 atom stereocenters. The van der Waals surface area contributed by atoms with E-state index < -0.39 is 0 Å². The van der Waals surface area contributed by atoms with Crippen molar-refractivity contribution >= 4 is 5.95 Å². The molecule has 0 aliphatic heterocycles. The minimum atomic E-state index is 0.483. The summed E-state index contributed by atoms with van der Waals surface area (Å²) in [4.78, 5) is 4.38. The molecule has 1 aromatic heterocycles. The Hall–Kier alpha value is -0.990. The van der Waals surface area contributed by atoms with Crippen molar-refractivity contribution < 1.29 is 0 Å². The van der Waals surface area contributed by atoms with E-state index in [4.69, 9.17) is 0 Å². The Morgan fingerprint density at radius 1 is 1.56 bits per heavy atom. The standard InChI is InChI=1S/C13H23N3/c1-4-14-12-15-8-9-16(12)11-6-5-7-13(2,3)10-11/h8-9,11H,4-7,10H2,1-3H3,(H,14,15). The Balaban J connectivity index is 2.13. The first-order valence-corrected chi connectivity index (χ1v) is 6.39. The monoisotopic (exact) mass is 221 g/mol. The van der Waals surface area contributed by atoms with Gasteiger partial charge in [-0.2, -0.15) is 0 Å². The summed E-state index contributed by atoms with van der Waals surface area (Å²) in [6.07, 6.45) is 9.26. The molecule has 1 unspecified atom stereocenters. The van der Waals surface area contributed by atoms with Crippen molar-refractivity contribution in [1.29, 1.82) is 0 Å². The summed E-state index contributed by atoms with van der Waals surface area (Å²) in [7, 11) is 0. The molecule has 1 aromatic rings. The van der Waals surface area contributed by atoms with E-state index in [9.17, 15) is 0 Å². The van der Waals surface area contributed by atoms with Crippen molar-refractivity contribution in [3.63, 3.8) is 0 Å². The Morgan fingerprint density at radius 3 is 3.06 bits per heavy atom. The second-order valence-corrected chi connectivity index (χ2v) is 5.60. The zero-order valence-corrected chi connectivity index (χ0v) is 10.7. The first kappa shape index (κ1) is 11.5. The lowest BCUT2D eigenvalue weighted by atomic mass is 9.75. The average Bonchev–Trinajstić information content (AvgIpc) is 2.65. The predicted molar refractivity (Wildman–Crippen MR) is 67.7 cm³/mol. The molecule has 0 bridgehead atoms. The van der Waals surface area contributed by atoms with Gasteiger partial charge in [0.1, 0.15) is 0 Å². The highest BCUT2D eigenvalue weighted by Crippen LogP contribution is 2.41. The molecule has 2 rings (SSSR count). The van der Waals surface area contributed by atoms with E-state index >= 15 is 0 Å². The fourth-order valence-electron chi connectivity index (χ4n) is 2.80. The van der Waals surface area contributed by atoms with Crippen molar-refractivity contribution in [2.45, 2.75) is 52.5 Å². The van der Waals surface area contributed by atoms with Crippen LogP contribution in [-0.4, -0.2) is 16.1 Å². The van der Waals surface area contributed by atoms with Crippen LogP contribution in [0.15, 0.2) is 12.4 Å². The van der Waals surface area contributed by atoms with Crippen LogP contribution in [0.2, 0.25) is 0 Å². The molecular formula is C13H23N3. The number of imidazole rings is 1. The molecule has 1 aliphatic carbocycles. The maximum atomic E-state index is 4.38. The summed E-state index contributed by atoms with van der Waals surface area (Å²) >= 11 is 0. The third kappa shape index (κ3) is 2.39. The van der Waals surface area contributed by atoms with Crippen molar-refractivity contribution in [1.82, 2.24) is 9.55 Å². The van der Waals surface area contributed by atoms with Crippen LogP contribution in [0.5, 0.6) is 0 Å². The number of aromatic nitrogens is 2. The minimum absolute atomic E-state index is 0.483. The SMILES string of the molecule is CCNc1nccn1C1CCCC(C)(C)C1. The number of nitrogens with one attached hydrogen (secondary N) is 1. The van der Waals surface area contributed by atoms with Crippen molar-refractivity contribution in [3.05, 3.63) is 12.4 Å². The van der Waals surface area contributed by atoms with Crippen LogP contribution in [0.1, 0.15) is 52.5 Å². The fraction of sp³-hybridized carbons (Fsp3) is 0.769. The van der Waals surface area contributed by atoms with Gasteiger partial charge in [0.15, 0.2) is 0 Å². The van der Waals surface area contributed by atoms with Gasteiger partial charge in [-0.15, -0.1) is 0 Å². The van der Waals surface area contributed by atoms with E-state index in [-0.39, 0.29) is 0 Å². The van der Waals surface area contributed by atoms with Crippen LogP contribution in [0, 0.1) is 5.41 Å². The Bertz CT molecular complexity index is 341. The van der Waals surface area contributed by atoms with Crippen LogP contribution < -0.4 is 5.32 Å². The Morgan fingerprint density at radius 2 is 2.38 bits per heavy atom. The van der Waals surface area contributed by atoms with Crippen LogP contribution in [-0.2, 0) is 0 Å². The molecule has 90 valence electrons. The zero-order valence-electron chi connectivity index (χ0n) is 10.7. The summed E-state index contributed by atoms with van der Waals surface area (Å²) in [5, 5.41) is 3.33. The topological polar surface area (TPSA) is 29.9 Å². The number of anilines is 1. The van der Waals surface area contributed by atoms with Gasteiger partial charge in [-0.3, -0.25) is 0 Å². The van der Waals surface area contributed by atoms with Gasteiger partial charge in [0.05, 0.1) is 0 Å². The van der Waals surface area contributed by atoms with E-state index in [1.165, 1.54) is 25.7 Å². The van der Waals surface area contributed by atoms with E-state index in [1.807, 2.05) is 6.20 Å². The number of nitrogens with zero attached hydrogens (tertiary/aromatic N) is 2. The van der Waals surface area contributed by atoms with E-state index in [0.717, 1.165) is 12.5 Å². The lowest BCUT2D eigenvalue weighted by Gasteiger charge is -2.36. The molecule has 1 saturated carbocycles. The lowest BCUT2D eigenvalue weighted by Crippen LogP contribution is -2.25. The van der Waals surface area contributed by atoms with E-state index in [1.54, 1.807) is 0 Å². The molecule has 1 aliphatic rings. The lowest BCUT2D eigenvalue weighted by molar-refractivity contribution is 0.184. The van der Waals surface area contributed by atoms with E-state index in [0.29, 0.717) is 11.5 Å². The molecular weight excluding hydrogens is 198 g/mol. The Kier molecular flexibility index (Phi) is 3.22. The molecule has 0 spiro atoms. The molecule has 0 aromatic carbocycles. The molecule has 0 amide bonds.